The average molecular weight is 1100 g/mol. The van der Waals surface area contributed by atoms with E-state index in [-0.39, 0.29) is 62.4 Å². The number of oxazole rings is 1. The number of alkyl halides is 2. The Bertz CT molecular complexity index is 2220. The number of nitrogens with one attached hydrogen (secondary N) is 1. The number of halogens is 2. The second-order valence-corrected chi connectivity index (χ2v) is 21.5. The van der Waals surface area contributed by atoms with E-state index in [9.17, 15) is 29.4 Å². The van der Waals surface area contributed by atoms with Crippen LogP contribution in [0.5, 0.6) is 0 Å². The van der Waals surface area contributed by atoms with Gasteiger partial charge in [0.2, 0.25) is 17.7 Å². The van der Waals surface area contributed by atoms with Crippen molar-refractivity contribution in [2.45, 2.75) is 172 Å². The highest BCUT2D eigenvalue weighted by Gasteiger charge is 2.56. The number of amides is 2. The second-order valence-electron chi connectivity index (χ2n) is 20.4. The van der Waals surface area contributed by atoms with Gasteiger partial charge >= 0.3 is 5.97 Å². The zero-order valence-electron chi connectivity index (χ0n) is 42.4. The quantitative estimate of drug-likeness (QED) is 0.0628. The number of carbonyl (C=O) groups is 4. The van der Waals surface area contributed by atoms with E-state index in [0.29, 0.717) is 35.7 Å². The van der Waals surface area contributed by atoms with Gasteiger partial charge in [0.25, 0.3) is 5.67 Å². The van der Waals surface area contributed by atoms with Crippen molar-refractivity contribution in [1.82, 2.24) is 14.9 Å². The maximum Gasteiger partial charge on any atom is 0.352 e. The van der Waals surface area contributed by atoms with Crippen LogP contribution >= 0.6 is 22.6 Å². The lowest BCUT2D eigenvalue weighted by atomic mass is 9.70. The van der Waals surface area contributed by atoms with Gasteiger partial charge in [-0.05, 0) is 126 Å². The number of aliphatic hydroxyl groups is 2. The summed E-state index contributed by atoms with van der Waals surface area (Å²) in [6, 6.07) is 3.86. The molecule has 3 fully saturated rings. The van der Waals surface area contributed by atoms with E-state index in [1.54, 1.807) is 54.6 Å². The highest BCUT2D eigenvalue weighted by atomic mass is 127. The molecule has 2 bridgehead atoms. The molecule has 21 heteroatoms. The molecule has 3 saturated heterocycles. The zero-order valence-corrected chi connectivity index (χ0v) is 44.6. The molecule has 0 aliphatic carbocycles. The summed E-state index contributed by atoms with van der Waals surface area (Å²) >= 11 is 1.73. The van der Waals surface area contributed by atoms with Crippen molar-refractivity contribution in [3.8, 4) is 11.6 Å². The Labute approximate surface area is 423 Å². The Morgan fingerprint density at radius 3 is 2.47 bits per heavy atom. The Morgan fingerprint density at radius 1 is 1.11 bits per heavy atom. The molecule has 3 aliphatic heterocycles. The monoisotopic (exact) mass is 1100 g/mol. The lowest BCUT2D eigenvalue weighted by Gasteiger charge is -2.47. The summed E-state index contributed by atoms with van der Waals surface area (Å²) in [6.45, 7) is 16.1. The van der Waals surface area contributed by atoms with Crippen LogP contribution in [0.25, 0.3) is 11.6 Å². The zero-order chi connectivity index (χ0) is 52.0. The number of fused-ring (bicyclic) bond motifs is 5. The highest BCUT2D eigenvalue weighted by Crippen LogP contribution is 2.44. The number of rotatable bonds is 12. The number of cyclic esters (lactones) is 1. The third-order valence-electron chi connectivity index (χ3n) is 13.7. The number of nitrogens with two attached hydrogens (primary N) is 1. The standard InChI is InChI=1S/C49H73FIN7O12/c1-13-37(59)56-38-26(4)21-47(8)41(69-44-39(60)35(58(11)12)20-27(5)68-44)29(7)40(61)48(9,50)46(63)70-45(51)49(10,64)32(28(38)6)18-17-30(23-66-47)57-67-24-31-22-65-43(53-31)34-15-14-16-36(54-34)55-42(62)33(52)19-25(2)3/h14-16,22,25-29,32-33,35,39,41,44-45,60,64H,13,17-21,23-24,52H2,1-12H3,(H,54,55,62)/b56-38+,57-30+/t26-,27-,28-,29+,32-,33+,35+,39-,41-,44+,45+,47-,48+,49+/m1/s1. The third-order valence-corrected chi connectivity index (χ3v) is 15.2. The van der Waals surface area contributed by atoms with E-state index < -0.39 is 99.0 Å². The number of nitrogens with zero attached hydrogens (tertiary/aromatic N) is 5. The van der Waals surface area contributed by atoms with Crippen molar-refractivity contribution < 1.29 is 62.0 Å². The summed E-state index contributed by atoms with van der Waals surface area (Å²) in [5.74, 6) is -6.34. The molecule has 5 rings (SSSR count). The molecule has 3 aliphatic rings. The van der Waals surface area contributed by atoms with Gasteiger partial charge in [-0.25, -0.2) is 24.1 Å². The molecular formula is C49H73FIN7O12. The number of ketones is 1. The van der Waals surface area contributed by atoms with Crippen LogP contribution in [-0.4, -0.2) is 138 Å². The minimum atomic E-state index is -3.22. The lowest BCUT2D eigenvalue weighted by Crippen LogP contribution is -2.61. The van der Waals surface area contributed by atoms with Crippen LogP contribution in [0, 0.1) is 29.6 Å². The number of anilines is 1. The fraction of sp³-hybridized carbons (Fsp3) is 0.714. The summed E-state index contributed by atoms with van der Waals surface area (Å²) in [5, 5.41) is 31.4. The predicted octanol–water partition coefficient (Wildman–Crippen LogP) is 5.96. The first kappa shape index (κ1) is 57.1. The van der Waals surface area contributed by atoms with E-state index in [1.165, 1.54) is 20.1 Å². The molecule has 2 amide bonds. The molecule has 5 N–H and O–H groups in total. The van der Waals surface area contributed by atoms with Crippen LogP contribution in [0.4, 0.5) is 10.2 Å². The smallest absolute Gasteiger partial charge is 0.352 e. The van der Waals surface area contributed by atoms with Gasteiger partial charge in [0.1, 0.15) is 35.2 Å². The molecule has 0 radical (unpaired) electrons. The number of pyridine rings is 1. The Hall–Kier alpha value is -3.84. The summed E-state index contributed by atoms with van der Waals surface area (Å²) in [4.78, 5) is 75.7. The van der Waals surface area contributed by atoms with Gasteiger partial charge in [-0.1, -0.05) is 52.8 Å². The van der Waals surface area contributed by atoms with Gasteiger partial charge in [-0.15, -0.1) is 0 Å². The van der Waals surface area contributed by atoms with Gasteiger partial charge in [0.15, 0.2) is 22.8 Å². The number of aromatic nitrogens is 2. The topological polar surface area (TPSA) is 260 Å². The molecule has 19 nitrogen and oxygen atoms in total. The Balaban J connectivity index is 1.57. The van der Waals surface area contributed by atoms with Gasteiger partial charge in [-0.2, -0.15) is 0 Å². The van der Waals surface area contributed by atoms with E-state index in [2.05, 4.69) is 25.4 Å². The number of oxime groups is 1. The fourth-order valence-corrected chi connectivity index (χ4v) is 10.4. The van der Waals surface area contributed by atoms with Crippen LogP contribution in [0.1, 0.15) is 113 Å². The van der Waals surface area contributed by atoms with Crippen molar-refractivity contribution in [3.63, 3.8) is 0 Å². The number of ether oxygens (including phenoxy) is 4. The molecule has 0 spiro atoms. The van der Waals surface area contributed by atoms with Crippen molar-refractivity contribution in [3.05, 3.63) is 30.2 Å². The maximum atomic E-state index is 16.9. The minimum Gasteiger partial charge on any atom is -0.446 e. The molecule has 14 atom stereocenters. The molecule has 0 aromatic carbocycles. The highest BCUT2D eigenvalue weighted by molar-refractivity contribution is 14.1. The Kier molecular flexibility index (Phi) is 19.4. The lowest BCUT2D eigenvalue weighted by molar-refractivity contribution is -0.296. The van der Waals surface area contributed by atoms with Crippen LogP contribution in [0.2, 0.25) is 0 Å². The van der Waals surface area contributed by atoms with Gasteiger partial charge < -0.3 is 54.4 Å². The average Bonchev–Trinajstić information content (AvgIpc) is 3.76. The largest absolute Gasteiger partial charge is 0.446 e. The molecule has 0 saturated carbocycles. The Morgan fingerprint density at radius 2 is 1.81 bits per heavy atom. The fourth-order valence-electron chi connectivity index (χ4n) is 9.71. The first-order valence-electron chi connectivity index (χ1n) is 24.1. The minimum absolute atomic E-state index is 0.0143. The molecule has 0 unspecified atom stereocenters. The molecule has 2 aromatic heterocycles. The predicted molar refractivity (Wildman–Crippen MR) is 266 cm³/mol. The van der Waals surface area contributed by atoms with Crippen LogP contribution in [0.15, 0.2) is 39.0 Å². The summed E-state index contributed by atoms with van der Waals surface area (Å²) in [6.07, 6.45) is -1.63. The number of hydrogen-bond donors (Lipinski definition) is 4. The van der Waals surface area contributed by atoms with Crippen molar-refractivity contribution in [1.29, 1.82) is 0 Å². The van der Waals surface area contributed by atoms with Gasteiger partial charge in [0, 0.05) is 30.0 Å². The van der Waals surface area contributed by atoms with Crippen LogP contribution < -0.4 is 11.1 Å². The van der Waals surface area contributed by atoms with Gasteiger partial charge in [0.05, 0.1) is 36.2 Å². The van der Waals surface area contributed by atoms with Gasteiger partial charge in [-0.3, -0.25) is 14.4 Å². The molecule has 70 heavy (non-hydrogen) atoms. The number of aliphatic imine (C=N–C) groups is 1. The summed E-state index contributed by atoms with van der Waals surface area (Å²) in [7, 11) is 3.63. The third kappa shape index (κ3) is 13.6. The number of likely N-dealkylation sites (N-methyl/N-ethyl adjacent to an activating group) is 1. The van der Waals surface area contributed by atoms with Crippen LogP contribution in [0.3, 0.4) is 0 Å². The molecular weight excluding hydrogens is 1020 g/mol. The number of esters is 1. The second kappa shape index (κ2) is 23.8. The summed E-state index contributed by atoms with van der Waals surface area (Å²) in [5.41, 5.74) is 0.824. The molecule has 5 heterocycles. The van der Waals surface area contributed by atoms with Crippen LogP contribution in [-0.2, 0) is 49.6 Å². The number of aliphatic hydroxyl groups excluding tert-OH is 1. The van der Waals surface area contributed by atoms with Crippen molar-refractivity contribution in [2.24, 2.45) is 45.5 Å². The molecule has 390 valence electrons. The van der Waals surface area contributed by atoms with E-state index in [4.69, 9.17) is 33.9 Å². The first-order valence-corrected chi connectivity index (χ1v) is 25.3. The number of Topliss-reactive ketones (excluding diaryl/α,β-unsaturated/α-hetero) is 1. The number of carbonyl (C=O) groups excluding carboxylic acids is 4. The van der Waals surface area contributed by atoms with Crippen molar-refractivity contribution in [2.75, 3.05) is 26.0 Å². The maximum absolute atomic E-state index is 16.9. The molecule has 2 aromatic rings. The van der Waals surface area contributed by atoms with Crippen molar-refractivity contribution >= 4 is 63.4 Å². The van der Waals surface area contributed by atoms with E-state index in [1.807, 2.05) is 53.6 Å². The van der Waals surface area contributed by atoms with E-state index in [0.717, 1.165) is 6.92 Å². The van der Waals surface area contributed by atoms with E-state index >= 15 is 4.39 Å². The summed E-state index contributed by atoms with van der Waals surface area (Å²) < 4.78 is 46.7. The first-order chi connectivity index (χ1) is 32.7. The number of hydrogen-bond acceptors (Lipinski definition) is 17. The SMILES string of the molecule is CCC(=O)/N=C1\[C@H](C)C[C@@]2(C)OC/C(=N/OCc3coc(-c4cccc(NC(=O)[C@@H](N)CC(C)C)n4)n3)CC[C@H]([C@H]1C)[C@](C)(O)[C@@H](I)OC(=O)[C@@](C)(F)C(=O)[C@H](C)[C@H]2O[C@@H]1O[C@H](C)C[C@H](N(C)C)[C@H]1O. The normalized spacial score (nSPS) is 35.5.